The Hall–Kier alpha value is -2.40. The smallest absolute Gasteiger partial charge is 0.220 e. The molecule has 144 valence electrons. The highest BCUT2D eigenvalue weighted by Gasteiger charge is 2.16. The van der Waals surface area contributed by atoms with Crippen LogP contribution in [0.2, 0.25) is 0 Å². The van der Waals surface area contributed by atoms with E-state index in [2.05, 4.69) is 57.4 Å². The van der Waals surface area contributed by atoms with Gasteiger partial charge in [0.1, 0.15) is 0 Å². The molecule has 0 fully saturated rings. The Kier molecular flexibility index (Phi) is 6.82. The van der Waals surface area contributed by atoms with Gasteiger partial charge >= 0.3 is 0 Å². The van der Waals surface area contributed by atoms with Gasteiger partial charge in [0.2, 0.25) is 5.91 Å². The van der Waals surface area contributed by atoms with Crippen LogP contribution >= 0.6 is 0 Å². The van der Waals surface area contributed by atoms with Gasteiger partial charge in [-0.05, 0) is 31.9 Å². The average Bonchev–Trinajstić information content (AvgIpc) is 2.92. The fourth-order valence-electron chi connectivity index (χ4n) is 3.40. The molecule has 1 N–H and O–H groups in total. The summed E-state index contributed by atoms with van der Waals surface area (Å²) in [6, 6.07) is 12.8. The highest BCUT2D eigenvalue weighted by atomic mass is 16.1. The Bertz CT molecular complexity index is 764. The van der Waals surface area contributed by atoms with E-state index in [1.165, 1.54) is 11.3 Å². The number of hydrogen-bond donors (Lipinski definition) is 1. The SMILES string of the molecule is CC(C)NC(=O)CCc1cc2n(n1)CCCN(CC=Cc1ccccc1)C2. The van der Waals surface area contributed by atoms with Crippen molar-refractivity contribution in [3.05, 3.63) is 59.4 Å². The van der Waals surface area contributed by atoms with E-state index in [0.717, 1.165) is 38.3 Å². The molecule has 2 aromatic rings. The number of aryl methyl sites for hydroxylation is 2. The monoisotopic (exact) mass is 366 g/mol. The molecule has 5 heteroatoms. The zero-order valence-corrected chi connectivity index (χ0v) is 16.4. The molecule has 0 atom stereocenters. The van der Waals surface area contributed by atoms with E-state index < -0.39 is 0 Å². The minimum absolute atomic E-state index is 0.0980. The number of amides is 1. The summed E-state index contributed by atoms with van der Waals surface area (Å²) in [4.78, 5) is 14.3. The number of nitrogens with one attached hydrogen (secondary N) is 1. The summed E-state index contributed by atoms with van der Waals surface area (Å²) in [5.74, 6) is 0.0980. The fourth-order valence-corrected chi connectivity index (χ4v) is 3.40. The van der Waals surface area contributed by atoms with Gasteiger partial charge < -0.3 is 5.32 Å². The van der Waals surface area contributed by atoms with Crippen molar-refractivity contribution >= 4 is 12.0 Å². The van der Waals surface area contributed by atoms with Crippen LogP contribution in [-0.2, 0) is 24.3 Å². The number of aromatic nitrogens is 2. The third-order valence-electron chi connectivity index (χ3n) is 4.68. The second-order valence-electron chi connectivity index (χ2n) is 7.47. The molecule has 1 aliphatic rings. The van der Waals surface area contributed by atoms with Gasteiger partial charge in [-0.25, -0.2) is 0 Å². The molecule has 1 aliphatic heterocycles. The lowest BCUT2D eigenvalue weighted by Gasteiger charge is -2.17. The second-order valence-corrected chi connectivity index (χ2v) is 7.47. The lowest BCUT2D eigenvalue weighted by molar-refractivity contribution is -0.121. The minimum Gasteiger partial charge on any atom is -0.354 e. The molecule has 0 bridgehead atoms. The zero-order chi connectivity index (χ0) is 19.1. The summed E-state index contributed by atoms with van der Waals surface area (Å²) in [6.45, 7) is 7.84. The third kappa shape index (κ3) is 6.07. The molecule has 1 aromatic heterocycles. The van der Waals surface area contributed by atoms with Crippen molar-refractivity contribution < 1.29 is 4.79 Å². The molecule has 0 aliphatic carbocycles. The maximum atomic E-state index is 11.9. The van der Waals surface area contributed by atoms with E-state index in [1.54, 1.807) is 0 Å². The van der Waals surface area contributed by atoms with Crippen LogP contribution in [0.3, 0.4) is 0 Å². The molecule has 0 radical (unpaired) electrons. The van der Waals surface area contributed by atoms with E-state index in [0.29, 0.717) is 12.8 Å². The van der Waals surface area contributed by atoms with Gasteiger partial charge in [-0.15, -0.1) is 0 Å². The van der Waals surface area contributed by atoms with E-state index in [-0.39, 0.29) is 11.9 Å². The Morgan fingerprint density at radius 2 is 2.07 bits per heavy atom. The maximum absolute atomic E-state index is 11.9. The lowest BCUT2D eigenvalue weighted by Crippen LogP contribution is -2.30. The highest BCUT2D eigenvalue weighted by molar-refractivity contribution is 5.76. The van der Waals surface area contributed by atoms with E-state index >= 15 is 0 Å². The summed E-state index contributed by atoms with van der Waals surface area (Å²) in [7, 11) is 0. The molecular formula is C22H30N4O. The van der Waals surface area contributed by atoms with Crippen LogP contribution < -0.4 is 5.32 Å². The number of rotatable bonds is 7. The summed E-state index contributed by atoms with van der Waals surface area (Å²) in [5, 5.41) is 7.66. The number of carbonyl (C=O) groups is 1. The van der Waals surface area contributed by atoms with Crippen LogP contribution in [0.1, 0.15) is 43.6 Å². The summed E-state index contributed by atoms with van der Waals surface area (Å²) >= 11 is 0. The third-order valence-corrected chi connectivity index (χ3v) is 4.68. The molecule has 1 aromatic carbocycles. The lowest BCUT2D eigenvalue weighted by atomic mass is 10.2. The molecule has 5 nitrogen and oxygen atoms in total. The first-order chi connectivity index (χ1) is 13.1. The van der Waals surface area contributed by atoms with Gasteiger partial charge in [-0.2, -0.15) is 5.10 Å². The normalized spacial score (nSPS) is 15.1. The van der Waals surface area contributed by atoms with E-state index in [9.17, 15) is 4.79 Å². The van der Waals surface area contributed by atoms with Crippen LogP contribution in [0.5, 0.6) is 0 Å². The standard InChI is InChI=1S/C22H30N4O/c1-18(2)23-22(27)12-11-20-16-21-17-25(14-7-15-26(21)24-20)13-6-10-19-8-4-3-5-9-19/h3-6,8-10,16,18H,7,11-15,17H2,1-2H3,(H,23,27). The first-order valence-electron chi connectivity index (χ1n) is 9.89. The van der Waals surface area contributed by atoms with Crippen molar-refractivity contribution in [2.24, 2.45) is 0 Å². The van der Waals surface area contributed by atoms with Crippen LogP contribution in [0.15, 0.2) is 42.5 Å². The second kappa shape index (κ2) is 9.51. The predicted octanol–water partition coefficient (Wildman–Crippen LogP) is 3.26. The number of hydrogen-bond acceptors (Lipinski definition) is 3. The number of benzene rings is 1. The number of nitrogens with zero attached hydrogens (tertiary/aromatic N) is 3. The largest absolute Gasteiger partial charge is 0.354 e. The van der Waals surface area contributed by atoms with Gasteiger partial charge in [-0.1, -0.05) is 42.5 Å². The quantitative estimate of drug-likeness (QED) is 0.818. The Morgan fingerprint density at radius 1 is 1.26 bits per heavy atom. The van der Waals surface area contributed by atoms with Crippen molar-refractivity contribution in [1.29, 1.82) is 0 Å². The van der Waals surface area contributed by atoms with Crippen LogP contribution in [-0.4, -0.2) is 39.7 Å². The maximum Gasteiger partial charge on any atom is 0.220 e. The van der Waals surface area contributed by atoms with Gasteiger partial charge in [0.15, 0.2) is 0 Å². The molecule has 27 heavy (non-hydrogen) atoms. The van der Waals surface area contributed by atoms with Crippen LogP contribution in [0, 0.1) is 0 Å². The minimum atomic E-state index is 0.0980. The average molecular weight is 367 g/mol. The van der Waals surface area contributed by atoms with Crippen molar-refractivity contribution in [1.82, 2.24) is 20.0 Å². The molecular weight excluding hydrogens is 336 g/mol. The summed E-state index contributed by atoms with van der Waals surface area (Å²) in [6.07, 6.45) is 6.71. The summed E-state index contributed by atoms with van der Waals surface area (Å²) in [5.41, 5.74) is 3.50. The van der Waals surface area contributed by atoms with Gasteiger partial charge in [0.05, 0.1) is 11.4 Å². The predicted molar refractivity (Wildman–Crippen MR) is 109 cm³/mol. The van der Waals surface area contributed by atoms with Crippen LogP contribution in [0.25, 0.3) is 6.08 Å². The summed E-state index contributed by atoms with van der Waals surface area (Å²) < 4.78 is 2.12. The molecule has 1 amide bonds. The highest BCUT2D eigenvalue weighted by Crippen LogP contribution is 2.15. The molecule has 0 saturated carbocycles. The van der Waals surface area contributed by atoms with Gasteiger partial charge in [0, 0.05) is 45.1 Å². The molecule has 0 spiro atoms. The van der Waals surface area contributed by atoms with Gasteiger partial charge in [0.25, 0.3) is 0 Å². The Labute approximate surface area is 162 Å². The zero-order valence-electron chi connectivity index (χ0n) is 16.4. The molecule has 3 rings (SSSR count). The molecule has 0 saturated heterocycles. The Balaban J connectivity index is 1.54. The van der Waals surface area contributed by atoms with E-state index in [4.69, 9.17) is 5.10 Å². The van der Waals surface area contributed by atoms with E-state index in [1.807, 2.05) is 19.9 Å². The number of fused-ring (bicyclic) bond motifs is 1. The molecule has 2 heterocycles. The van der Waals surface area contributed by atoms with Crippen molar-refractivity contribution in [3.8, 4) is 0 Å². The topological polar surface area (TPSA) is 50.2 Å². The van der Waals surface area contributed by atoms with Crippen molar-refractivity contribution in [3.63, 3.8) is 0 Å². The number of carbonyl (C=O) groups excluding carboxylic acids is 1. The van der Waals surface area contributed by atoms with Crippen molar-refractivity contribution in [2.75, 3.05) is 13.1 Å². The van der Waals surface area contributed by atoms with Crippen LogP contribution in [0.4, 0.5) is 0 Å². The molecule has 0 unspecified atom stereocenters. The fraction of sp³-hybridized carbons (Fsp3) is 0.455. The van der Waals surface area contributed by atoms with Crippen molar-refractivity contribution in [2.45, 2.75) is 52.2 Å². The first kappa shape index (κ1) is 19.4. The Morgan fingerprint density at radius 3 is 2.85 bits per heavy atom. The first-order valence-corrected chi connectivity index (χ1v) is 9.89. The van der Waals surface area contributed by atoms with Gasteiger partial charge in [-0.3, -0.25) is 14.4 Å².